The summed E-state index contributed by atoms with van der Waals surface area (Å²) in [6.07, 6.45) is 1.44. The molecule has 1 aromatic rings. The number of carbonyl (C=O) groups is 1. The fraction of sp³-hybridized carbons (Fsp3) is 0.429. The van der Waals surface area contributed by atoms with Crippen LogP contribution in [0.3, 0.4) is 0 Å². The molecule has 0 fully saturated rings. The number of amides is 1. The molecule has 2 unspecified atom stereocenters. The Morgan fingerprint density at radius 3 is 2.50 bits per heavy atom. The van der Waals surface area contributed by atoms with Crippen molar-refractivity contribution < 1.29 is 4.79 Å². The molecule has 1 amide bonds. The smallest absolute Gasteiger partial charge is 0.230 e. The van der Waals surface area contributed by atoms with Crippen molar-refractivity contribution in [2.75, 3.05) is 0 Å². The highest BCUT2D eigenvalue weighted by atomic mass is 32.1. The Morgan fingerprint density at radius 1 is 1.39 bits per heavy atom. The van der Waals surface area contributed by atoms with Gasteiger partial charge in [0.25, 0.3) is 0 Å². The molecule has 0 spiro atoms. The van der Waals surface area contributed by atoms with E-state index in [-0.39, 0.29) is 22.9 Å². The van der Waals surface area contributed by atoms with E-state index in [1.165, 1.54) is 5.56 Å². The molecule has 0 heterocycles. The van der Waals surface area contributed by atoms with Crippen molar-refractivity contribution in [1.29, 1.82) is 0 Å². The first-order chi connectivity index (χ1) is 8.54. The highest BCUT2D eigenvalue weighted by molar-refractivity contribution is 7.80. The van der Waals surface area contributed by atoms with Gasteiger partial charge in [-0.25, -0.2) is 0 Å². The minimum atomic E-state index is -0.363. The predicted octanol–water partition coefficient (Wildman–Crippen LogP) is 2.05. The van der Waals surface area contributed by atoms with Gasteiger partial charge in [0.05, 0.1) is 10.9 Å². The minimum Gasteiger partial charge on any atom is -0.393 e. The molecule has 98 valence electrons. The van der Waals surface area contributed by atoms with Gasteiger partial charge in [-0.1, -0.05) is 49.5 Å². The number of hydrogen-bond donors (Lipinski definition) is 2. The number of benzene rings is 1. The number of thiocarbonyl (C=S) groups is 1. The molecule has 3 N–H and O–H groups in total. The molecule has 0 bridgehead atoms. The number of nitrogens with two attached hydrogens (primary N) is 1. The quantitative estimate of drug-likeness (QED) is 0.773. The molecule has 0 aliphatic carbocycles. The van der Waals surface area contributed by atoms with Gasteiger partial charge in [0, 0.05) is 6.04 Å². The van der Waals surface area contributed by atoms with Crippen LogP contribution in [0.2, 0.25) is 0 Å². The van der Waals surface area contributed by atoms with Crippen LogP contribution < -0.4 is 11.1 Å². The molecule has 0 aliphatic rings. The van der Waals surface area contributed by atoms with Gasteiger partial charge in [-0.05, 0) is 25.3 Å². The van der Waals surface area contributed by atoms with Gasteiger partial charge in [-0.15, -0.1) is 0 Å². The zero-order chi connectivity index (χ0) is 13.5. The summed E-state index contributed by atoms with van der Waals surface area (Å²) < 4.78 is 0. The van der Waals surface area contributed by atoms with Crippen LogP contribution in [0.25, 0.3) is 0 Å². The van der Waals surface area contributed by atoms with E-state index in [2.05, 4.69) is 5.32 Å². The predicted molar refractivity (Wildman–Crippen MR) is 78.3 cm³/mol. The Kier molecular flexibility index (Phi) is 5.78. The van der Waals surface area contributed by atoms with Gasteiger partial charge in [0.1, 0.15) is 0 Å². The molecular formula is C14H20N2OS. The topological polar surface area (TPSA) is 55.1 Å². The molecular weight excluding hydrogens is 244 g/mol. The van der Waals surface area contributed by atoms with E-state index in [9.17, 15) is 4.79 Å². The first-order valence-electron chi connectivity index (χ1n) is 6.18. The van der Waals surface area contributed by atoms with Crippen LogP contribution in [-0.2, 0) is 11.2 Å². The molecule has 0 saturated carbocycles. The van der Waals surface area contributed by atoms with Crippen LogP contribution in [0.15, 0.2) is 30.3 Å². The molecule has 18 heavy (non-hydrogen) atoms. The normalized spacial score (nSPS) is 13.7. The number of carbonyl (C=O) groups excluding carboxylic acids is 1. The lowest BCUT2D eigenvalue weighted by Gasteiger charge is -2.18. The zero-order valence-corrected chi connectivity index (χ0v) is 11.7. The Morgan fingerprint density at radius 2 is 2.00 bits per heavy atom. The van der Waals surface area contributed by atoms with E-state index in [0.717, 1.165) is 6.42 Å². The van der Waals surface area contributed by atoms with Crippen LogP contribution in [0.5, 0.6) is 0 Å². The van der Waals surface area contributed by atoms with Crippen LogP contribution in [-0.4, -0.2) is 16.9 Å². The maximum Gasteiger partial charge on any atom is 0.230 e. The number of rotatable bonds is 6. The fourth-order valence-corrected chi connectivity index (χ4v) is 2.15. The fourth-order valence-electron chi connectivity index (χ4n) is 1.88. The summed E-state index contributed by atoms with van der Waals surface area (Å²) in [5.41, 5.74) is 6.75. The summed E-state index contributed by atoms with van der Waals surface area (Å²) in [4.78, 5) is 12.2. The molecule has 4 heteroatoms. The SMILES string of the molecule is CCC(C(=O)NC(C)Cc1ccccc1)C(N)=S. The summed E-state index contributed by atoms with van der Waals surface area (Å²) in [5.74, 6) is -0.438. The van der Waals surface area contributed by atoms with Gasteiger partial charge >= 0.3 is 0 Å². The number of hydrogen-bond acceptors (Lipinski definition) is 2. The van der Waals surface area contributed by atoms with Crippen molar-refractivity contribution in [3.05, 3.63) is 35.9 Å². The molecule has 0 aromatic heterocycles. The standard InChI is InChI=1S/C14H20N2OS/c1-3-12(13(15)18)14(17)16-10(2)9-11-7-5-4-6-8-11/h4-8,10,12H,3,9H2,1-2H3,(H2,15,18)(H,16,17). The third-order valence-corrected chi connectivity index (χ3v) is 3.13. The zero-order valence-electron chi connectivity index (χ0n) is 10.8. The van der Waals surface area contributed by atoms with E-state index in [4.69, 9.17) is 18.0 Å². The molecule has 1 aromatic carbocycles. The highest BCUT2D eigenvalue weighted by Crippen LogP contribution is 2.06. The van der Waals surface area contributed by atoms with Crippen molar-refractivity contribution in [3.8, 4) is 0 Å². The third kappa shape index (κ3) is 4.45. The van der Waals surface area contributed by atoms with Gasteiger partial charge in [0.2, 0.25) is 5.91 Å². The second-order valence-corrected chi connectivity index (χ2v) is 4.93. The first kappa shape index (κ1) is 14.6. The van der Waals surface area contributed by atoms with Crippen LogP contribution in [0, 0.1) is 5.92 Å². The lowest BCUT2D eigenvalue weighted by atomic mass is 10.0. The van der Waals surface area contributed by atoms with Crippen molar-refractivity contribution >= 4 is 23.1 Å². The molecule has 2 atom stereocenters. The summed E-state index contributed by atoms with van der Waals surface area (Å²) in [6.45, 7) is 3.89. The van der Waals surface area contributed by atoms with Crippen molar-refractivity contribution in [2.45, 2.75) is 32.7 Å². The average molecular weight is 264 g/mol. The highest BCUT2D eigenvalue weighted by Gasteiger charge is 2.20. The van der Waals surface area contributed by atoms with Gasteiger partial charge in [0.15, 0.2) is 0 Å². The Labute approximate surface area is 114 Å². The summed E-state index contributed by atoms with van der Waals surface area (Å²) >= 11 is 4.89. The van der Waals surface area contributed by atoms with E-state index in [1.54, 1.807) is 0 Å². The van der Waals surface area contributed by atoms with Crippen LogP contribution in [0.4, 0.5) is 0 Å². The van der Waals surface area contributed by atoms with E-state index < -0.39 is 0 Å². The van der Waals surface area contributed by atoms with Gasteiger partial charge < -0.3 is 11.1 Å². The Balaban J connectivity index is 2.52. The van der Waals surface area contributed by atoms with Crippen molar-refractivity contribution in [3.63, 3.8) is 0 Å². The summed E-state index contributed by atoms with van der Waals surface area (Å²) in [7, 11) is 0. The summed E-state index contributed by atoms with van der Waals surface area (Å²) in [5, 5.41) is 2.95. The molecule has 1 rings (SSSR count). The second-order valence-electron chi connectivity index (χ2n) is 4.46. The van der Waals surface area contributed by atoms with E-state index >= 15 is 0 Å². The number of nitrogens with one attached hydrogen (secondary N) is 1. The molecule has 0 aliphatic heterocycles. The maximum atomic E-state index is 11.9. The third-order valence-electron chi connectivity index (χ3n) is 2.84. The molecule has 0 radical (unpaired) electrons. The molecule has 3 nitrogen and oxygen atoms in total. The van der Waals surface area contributed by atoms with E-state index in [0.29, 0.717) is 6.42 Å². The summed E-state index contributed by atoms with van der Waals surface area (Å²) in [6, 6.07) is 10.1. The Bertz CT molecular complexity index is 406. The van der Waals surface area contributed by atoms with Gasteiger partial charge in [-0.2, -0.15) is 0 Å². The molecule has 0 saturated heterocycles. The van der Waals surface area contributed by atoms with Gasteiger partial charge in [-0.3, -0.25) is 4.79 Å². The van der Waals surface area contributed by atoms with Crippen LogP contribution >= 0.6 is 12.2 Å². The van der Waals surface area contributed by atoms with E-state index in [1.807, 2.05) is 44.2 Å². The monoisotopic (exact) mass is 264 g/mol. The maximum absolute atomic E-state index is 11.9. The largest absolute Gasteiger partial charge is 0.393 e. The average Bonchev–Trinajstić information content (AvgIpc) is 2.30. The second kappa shape index (κ2) is 7.11. The lowest BCUT2D eigenvalue weighted by Crippen LogP contribution is -2.42. The van der Waals surface area contributed by atoms with Crippen LogP contribution in [0.1, 0.15) is 25.8 Å². The Hall–Kier alpha value is -1.42. The van der Waals surface area contributed by atoms with Crippen molar-refractivity contribution in [1.82, 2.24) is 5.32 Å². The first-order valence-corrected chi connectivity index (χ1v) is 6.59. The minimum absolute atomic E-state index is 0.0725. The lowest BCUT2D eigenvalue weighted by molar-refractivity contribution is -0.123. The van der Waals surface area contributed by atoms with Crippen molar-refractivity contribution in [2.24, 2.45) is 11.7 Å².